The van der Waals surface area contributed by atoms with Gasteiger partial charge in [0.2, 0.25) is 0 Å². The van der Waals surface area contributed by atoms with Crippen LogP contribution in [0.2, 0.25) is 0 Å². The molecule has 0 bridgehead atoms. The molecule has 2 aromatic carbocycles. The third-order valence-electron chi connectivity index (χ3n) is 3.41. The zero-order valence-electron chi connectivity index (χ0n) is 11.8. The van der Waals surface area contributed by atoms with Crippen LogP contribution in [0.4, 0.5) is 0 Å². The molecule has 2 aromatic rings. The molecule has 0 aromatic heterocycles. The van der Waals surface area contributed by atoms with Crippen molar-refractivity contribution in [2.45, 2.75) is 32.4 Å². The first-order chi connectivity index (χ1) is 9.61. The topological polar surface area (TPSA) is 35.2 Å². The Labute approximate surface area is 129 Å². The van der Waals surface area contributed by atoms with E-state index in [0.29, 0.717) is 0 Å². The maximum atomic E-state index is 6.27. The average molecular weight is 334 g/mol. The summed E-state index contributed by atoms with van der Waals surface area (Å²) in [6.45, 7) is 4.18. The lowest BCUT2D eigenvalue weighted by Gasteiger charge is -2.26. The smallest absolute Gasteiger partial charge is 0.139 e. The highest BCUT2D eigenvalue weighted by atomic mass is 79.9. The van der Waals surface area contributed by atoms with Gasteiger partial charge in [0.25, 0.3) is 0 Å². The van der Waals surface area contributed by atoms with Gasteiger partial charge in [-0.15, -0.1) is 0 Å². The predicted octanol–water partition coefficient (Wildman–Crippen LogP) is 4.61. The number of hydrogen-bond acceptors (Lipinski definition) is 2. The van der Waals surface area contributed by atoms with E-state index in [-0.39, 0.29) is 12.1 Å². The second kappa shape index (κ2) is 6.91. The number of nitrogens with two attached hydrogens (primary N) is 1. The van der Waals surface area contributed by atoms with Gasteiger partial charge in [0.15, 0.2) is 0 Å². The van der Waals surface area contributed by atoms with E-state index in [4.69, 9.17) is 10.5 Å². The lowest BCUT2D eigenvalue weighted by atomic mass is 9.97. The van der Waals surface area contributed by atoms with Crippen LogP contribution in [0.1, 0.15) is 30.6 Å². The molecule has 0 amide bonds. The van der Waals surface area contributed by atoms with Gasteiger partial charge in [-0.05, 0) is 42.7 Å². The molecule has 20 heavy (non-hydrogen) atoms. The van der Waals surface area contributed by atoms with Gasteiger partial charge in [-0.2, -0.15) is 0 Å². The van der Waals surface area contributed by atoms with Crippen molar-refractivity contribution in [1.82, 2.24) is 0 Å². The SMILES string of the molecule is CCC(N)C(Oc1cccc(Br)c1)c1ccccc1C. The van der Waals surface area contributed by atoms with Crippen molar-refractivity contribution in [2.24, 2.45) is 5.73 Å². The molecule has 0 spiro atoms. The van der Waals surface area contributed by atoms with Crippen LogP contribution in [-0.2, 0) is 0 Å². The van der Waals surface area contributed by atoms with Crippen molar-refractivity contribution in [1.29, 1.82) is 0 Å². The molecule has 0 aliphatic heterocycles. The molecule has 0 heterocycles. The van der Waals surface area contributed by atoms with Gasteiger partial charge in [0.1, 0.15) is 11.9 Å². The summed E-state index contributed by atoms with van der Waals surface area (Å²) in [5.74, 6) is 0.830. The molecular weight excluding hydrogens is 314 g/mol. The molecule has 0 aliphatic rings. The fourth-order valence-electron chi connectivity index (χ4n) is 2.19. The van der Waals surface area contributed by atoms with E-state index in [2.05, 4.69) is 41.9 Å². The molecule has 2 N–H and O–H groups in total. The Kier molecular flexibility index (Phi) is 5.21. The molecule has 0 fully saturated rings. The van der Waals surface area contributed by atoms with E-state index in [9.17, 15) is 0 Å². The Bertz CT molecular complexity index is 570. The largest absolute Gasteiger partial charge is 0.484 e. The van der Waals surface area contributed by atoms with E-state index >= 15 is 0 Å². The molecular formula is C17H20BrNO. The number of rotatable bonds is 5. The Morgan fingerprint density at radius 3 is 2.55 bits per heavy atom. The highest BCUT2D eigenvalue weighted by Gasteiger charge is 2.22. The molecule has 2 atom stereocenters. The number of hydrogen-bond donors (Lipinski definition) is 1. The minimum atomic E-state index is -0.129. The normalized spacial score (nSPS) is 13.8. The summed E-state index contributed by atoms with van der Waals surface area (Å²) in [6.07, 6.45) is 0.739. The van der Waals surface area contributed by atoms with Gasteiger partial charge in [-0.3, -0.25) is 0 Å². The summed E-state index contributed by atoms with van der Waals surface area (Å²) in [4.78, 5) is 0. The third kappa shape index (κ3) is 3.62. The summed E-state index contributed by atoms with van der Waals surface area (Å²) in [5.41, 5.74) is 8.63. The summed E-state index contributed by atoms with van der Waals surface area (Å²) in [6, 6.07) is 16.1. The Morgan fingerprint density at radius 2 is 1.90 bits per heavy atom. The highest BCUT2D eigenvalue weighted by molar-refractivity contribution is 9.10. The van der Waals surface area contributed by atoms with Crippen molar-refractivity contribution in [3.05, 3.63) is 64.1 Å². The fourth-order valence-corrected chi connectivity index (χ4v) is 2.57. The maximum absolute atomic E-state index is 6.27. The lowest BCUT2D eigenvalue weighted by molar-refractivity contribution is 0.170. The first-order valence-corrected chi connectivity index (χ1v) is 7.64. The molecule has 0 aliphatic carbocycles. The molecule has 0 saturated carbocycles. The number of benzene rings is 2. The van der Waals surface area contributed by atoms with E-state index in [1.165, 1.54) is 5.56 Å². The van der Waals surface area contributed by atoms with Gasteiger partial charge in [-0.25, -0.2) is 0 Å². The van der Waals surface area contributed by atoms with E-state index in [1.54, 1.807) is 0 Å². The Hall–Kier alpha value is -1.32. The maximum Gasteiger partial charge on any atom is 0.139 e. The molecule has 106 valence electrons. The zero-order valence-corrected chi connectivity index (χ0v) is 13.4. The van der Waals surface area contributed by atoms with Crippen LogP contribution in [-0.4, -0.2) is 6.04 Å². The fraction of sp³-hybridized carbons (Fsp3) is 0.294. The minimum Gasteiger partial charge on any atom is -0.484 e. The van der Waals surface area contributed by atoms with E-state index < -0.39 is 0 Å². The van der Waals surface area contributed by atoms with Crippen molar-refractivity contribution in [2.75, 3.05) is 0 Å². The van der Waals surface area contributed by atoms with Crippen LogP contribution in [0, 0.1) is 6.92 Å². The summed E-state index contributed by atoms with van der Waals surface area (Å²) in [5, 5.41) is 0. The minimum absolute atomic E-state index is 0.0323. The van der Waals surface area contributed by atoms with Gasteiger partial charge < -0.3 is 10.5 Å². The van der Waals surface area contributed by atoms with Gasteiger partial charge in [0, 0.05) is 10.5 Å². The number of aryl methyl sites for hydroxylation is 1. The van der Waals surface area contributed by atoms with E-state index in [0.717, 1.165) is 22.2 Å². The van der Waals surface area contributed by atoms with Crippen LogP contribution in [0.3, 0.4) is 0 Å². The summed E-state index contributed by atoms with van der Waals surface area (Å²) in [7, 11) is 0. The van der Waals surface area contributed by atoms with Crippen LogP contribution < -0.4 is 10.5 Å². The van der Waals surface area contributed by atoms with Gasteiger partial charge in [-0.1, -0.05) is 53.2 Å². The van der Waals surface area contributed by atoms with E-state index in [1.807, 2.05) is 36.4 Å². The van der Waals surface area contributed by atoms with Gasteiger partial charge >= 0.3 is 0 Å². The van der Waals surface area contributed by atoms with Crippen molar-refractivity contribution in [3.8, 4) is 5.75 Å². The van der Waals surface area contributed by atoms with Crippen molar-refractivity contribution >= 4 is 15.9 Å². The molecule has 0 saturated heterocycles. The standard InChI is InChI=1S/C17H20BrNO/c1-3-16(19)17(15-10-5-4-7-12(15)2)20-14-9-6-8-13(18)11-14/h4-11,16-17H,3,19H2,1-2H3. The molecule has 2 rings (SSSR count). The third-order valence-corrected chi connectivity index (χ3v) is 3.91. The highest BCUT2D eigenvalue weighted by Crippen LogP contribution is 2.29. The van der Waals surface area contributed by atoms with Crippen molar-refractivity contribution < 1.29 is 4.74 Å². The second-order valence-electron chi connectivity index (χ2n) is 4.92. The number of ether oxygens (including phenoxy) is 1. The van der Waals surface area contributed by atoms with Crippen LogP contribution in [0.5, 0.6) is 5.75 Å². The Morgan fingerprint density at radius 1 is 1.15 bits per heavy atom. The monoisotopic (exact) mass is 333 g/mol. The molecule has 3 heteroatoms. The second-order valence-corrected chi connectivity index (χ2v) is 5.84. The molecule has 0 radical (unpaired) electrons. The summed E-state index contributed by atoms with van der Waals surface area (Å²) < 4.78 is 7.16. The predicted molar refractivity (Wildman–Crippen MR) is 87.0 cm³/mol. The van der Waals surface area contributed by atoms with Crippen molar-refractivity contribution in [3.63, 3.8) is 0 Å². The van der Waals surface area contributed by atoms with Crippen LogP contribution >= 0.6 is 15.9 Å². The summed E-state index contributed by atoms with van der Waals surface area (Å²) >= 11 is 3.47. The molecule has 2 nitrogen and oxygen atoms in total. The quantitative estimate of drug-likeness (QED) is 0.866. The average Bonchev–Trinajstić information content (AvgIpc) is 2.45. The lowest BCUT2D eigenvalue weighted by Crippen LogP contribution is -2.32. The zero-order chi connectivity index (χ0) is 14.5. The molecule has 2 unspecified atom stereocenters. The van der Waals surface area contributed by atoms with Gasteiger partial charge in [0.05, 0.1) is 0 Å². The Balaban J connectivity index is 2.32. The first-order valence-electron chi connectivity index (χ1n) is 6.85. The van der Waals surface area contributed by atoms with Crippen LogP contribution in [0.25, 0.3) is 0 Å². The number of halogens is 1. The van der Waals surface area contributed by atoms with Crippen LogP contribution in [0.15, 0.2) is 53.0 Å². The first kappa shape index (κ1) is 15.1.